The van der Waals surface area contributed by atoms with Crippen LogP contribution in [0.1, 0.15) is 11.4 Å². The summed E-state index contributed by atoms with van der Waals surface area (Å²) in [6.45, 7) is 4.15. The fourth-order valence-corrected chi connectivity index (χ4v) is 3.08. The van der Waals surface area contributed by atoms with Gasteiger partial charge in [0.2, 0.25) is 0 Å². The quantitative estimate of drug-likeness (QED) is 0.482. The standard InChI is InChI=1S/C15H17N4S.BrH/c1-10-9-20-15(18(10)3)17-16-14-11(2)19(4)13-8-6-5-7-12(13)14;/h5-9H,1-4H3;1H/q+1;/p-1. The third-order valence-electron chi connectivity index (χ3n) is 3.75. The average molecular weight is 365 g/mol. The average Bonchev–Trinajstić information content (AvgIpc) is 2.90. The second-order valence-electron chi connectivity index (χ2n) is 4.93. The van der Waals surface area contributed by atoms with Crippen molar-refractivity contribution >= 4 is 33.1 Å². The molecule has 0 saturated carbocycles. The number of hydrogen-bond acceptors (Lipinski definition) is 3. The summed E-state index contributed by atoms with van der Waals surface area (Å²) in [4.78, 5) is 0. The number of nitrogens with zero attached hydrogens (tertiary/aromatic N) is 4. The van der Waals surface area contributed by atoms with Gasteiger partial charge < -0.3 is 21.5 Å². The zero-order valence-corrected chi connectivity index (χ0v) is 14.9. The van der Waals surface area contributed by atoms with E-state index in [1.165, 1.54) is 11.2 Å². The van der Waals surface area contributed by atoms with Crippen LogP contribution >= 0.6 is 11.3 Å². The van der Waals surface area contributed by atoms with Crippen LogP contribution in [0.25, 0.3) is 10.9 Å². The Balaban J connectivity index is 0.00000161. The van der Waals surface area contributed by atoms with E-state index in [1.807, 2.05) is 19.2 Å². The van der Waals surface area contributed by atoms with Gasteiger partial charge >= 0.3 is 5.13 Å². The van der Waals surface area contributed by atoms with Gasteiger partial charge in [-0.2, -0.15) is 0 Å². The number of aryl methyl sites for hydroxylation is 2. The Morgan fingerprint density at radius 1 is 1.14 bits per heavy atom. The second-order valence-corrected chi connectivity index (χ2v) is 5.77. The molecule has 0 bridgehead atoms. The van der Waals surface area contributed by atoms with Crippen molar-refractivity contribution in [3.05, 3.63) is 41.0 Å². The molecule has 0 aliphatic heterocycles. The highest BCUT2D eigenvalue weighted by molar-refractivity contribution is 7.12. The molecule has 4 nitrogen and oxygen atoms in total. The van der Waals surface area contributed by atoms with Gasteiger partial charge in [0.25, 0.3) is 0 Å². The molecule has 0 aliphatic carbocycles. The SMILES string of the molecule is Cc1c(N=Nc2scc(C)[n+]2C)c2ccccc2n1C.[Br-]. The van der Waals surface area contributed by atoms with Gasteiger partial charge in [-0.05, 0) is 36.4 Å². The van der Waals surface area contributed by atoms with Gasteiger partial charge in [0, 0.05) is 23.5 Å². The highest BCUT2D eigenvalue weighted by Crippen LogP contribution is 2.33. The molecule has 2 aromatic heterocycles. The van der Waals surface area contributed by atoms with Gasteiger partial charge in [-0.3, -0.25) is 0 Å². The maximum absolute atomic E-state index is 4.49. The van der Waals surface area contributed by atoms with Crippen molar-refractivity contribution in [3.8, 4) is 0 Å². The summed E-state index contributed by atoms with van der Waals surface area (Å²) in [6, 6.07) is 8.29. The molecule has 3 aromatic rings. The fourth-order valence-electron chi connectivity index (χ4n) is 2.26. The Hall–Kier alpha value is -1.53. The van der Waals surface area contributed by atoms with E-state index in [2.05, 4.69) is 57.8 Å². The van der Waals surface area contributed by atoms with Crippen LogP contribution in [0.2, 0.25) is 0 Å². The molecule has 0 aliphatic rings. The molecule has 6 heteroatoms. The molecule has 0 spiro atoms. The Morgan fingerprint density at radius 2 is 1.86 bits per heavy atom. The summed E-state index contributed by atoms with van der Waals surface area (Å²) >= 11 is 1.61. The second kappa shape index (κ2) is 6.07. The summed E-state index contributed by atoms with van der Waals surface area (Å²) in [5, 5.41) is 13.1. The largest absolute Gasteiger partial charge is 1.00 e. The van der Waals surface area contributed by atoms with Gasteiger partial charge in [-0.1, -0.05) is 18.2 Å². The van der Waals surface area contributed by atoms with Crippen molar-refractivity contribution in [2.45, 2.75) is 13.8 Å². The van der Waals surface area contributed by atoms with Gasteiger partial charge in [-0.25, -0.2) is 4.57 Å². The maximum atomic E-state index is 4.49. The molecule has 21 heavy (non-hydrogen) atoms. The topological polar surface area (TPSA) is 33.5 Å². The third-order valence-corrected chi connectivity index (χ3v) is 4.78. The van der Waals surface area contributed by atoms with Crippen LogP contribution in [0, 0.1) is 13.8 Å². The number of azo groups is 1. The van der Waals surface area contributed by atoms with E-state index >= 15 is 0 Å². The molecule has 2 heterocycles. The first-order valence-electron chi connectivity index (χ1n) is 6.49. The zero-order chi connectivity index (χ0) is 14.3. The summed E-state index contributed by atoms with van der Waals surface area (Å²) in [5.74, 6) is 0. The van der Waals surface area contributed by atoms with Crippen molar-refractivity contribution in [1.82, 2.24) is 4.57 Å². The van der Waals surface area contributed by atoms with Crippen LogP contribution in [0.4, 0.5) is 10.8 Å². The first-order chi connectivity index (χ1) is 9.59. The van der Waals surface area contributed by atoms with Crippen molar-refractivity contribution < 1.29 is 21.5 Å². The lowest BCUT2D eigenvalue weighted by Gasteiger charge is -1.96. The number of thiazole rings is 1. The number of halogens is 1. The number of fused-ring (bicyclic) bond motifs is 1. The Morgan fingerprint density at radius 3 is 2.52 bits per heavy atom. The van der Waals surface area contributed by atoms with E-state index in [1.54, 1.807) is 11.3 Å². The molecule has 0 fully saturated rings. The fraction of sp³-hybridized carbons (Fsp3) is 0.267. The highest BCUT2D eigenvalue weighted by atomic mass is 79.9. The van der Waals surface area contributed by atoms with Gasteiger partial charge in [0.05, 0.1) is 17.7 Å². The lowest BCUT2D eigenvalue weighted by Crippen LogP contribution is -3.00. The molecule has 0 atom stereocenters. The molecule has 0 amide bonds. The summed E-state index contributed by atoms with van der Waals surface area (Å²) in [7, 11) is 4.07. The van der Waals surface area contributed by atoms with Gasteiger partial charge in [0.1, 0.15) is 11.4 Å². The smallest absolute Gasteiger partial charge is 0.408 e. The molecule has 110 valence electrons. The Kier molecular flexibility index (Phi) is 4.58. The molecule has 0 saturated heterocycles. The van der Waals surface area contributed by atoms with E-state index in [0.717, 1.165) is 21.9 Å². The molecular formula is C15H17BrN4S. The summed E-state index contributed by atoms with van der Waals surface area (Å²) in [6.07, 6.45) is 0. The first-order valence-corrected chi connectivity index (χ1v) is 7.37. The maximum Gasteiger partial charge on any atom is 0.408 e. The number of para-hydroxylation sites is 1. The molecule has 0 unspecified atom stereocenters. The van der Waals surface area contributed by atoms with E-state index in [-0.39, 0.29) is 17.0 Å². The highest BCUT2D eigenvalue weighted by Gasteiger charge is 2.15. The van der Waals surface area contributed by atoms with Crippen LogP contribution in [0.5, 0.6) is 0 Å². The normalized spacial score (nSPS) is 11.2. The van der Waals surface area contributed by atoms with Crippen molar-refractivity contribution in [3.63, 3.8) is 0 Å². The summed E-state index contributed by atoms with van der Waals surface area (Å²) < 4.78 is 4.21. The minimum absolute atomic E-state index is 0. The van der Waals surface area contributed by atoms with Crippen molar-refractivity contribution in [1.29, 1.82) is 0 Å². The molecular weight excluding hydrogens is 348 g/mol. The number of benzene rings is 1. The Labute approximate surface area is 138 Å². The van der Waals surface area contributed by atoms with Crippen LogP contribution < -0.4 is 21.5 Å². The van der Waals surface area contributed by atoms with Gasteiger partial charge in [0.15, 0.2) is 0 Å². The van der Waals surface area contributed by atoms with Crippen LogP contribution in [-0.4, -0.2) is 4.57 Å². The molecule has 0 radical (unpaired) electrons. The number of hydrogen-bond donors (Lipinski definition) is 0. The number of rotatable bonds is 2. The predicted octanol–water partition coefficient (Wildman–Crippen LogP) is 1.10. The van der Waals surface area contributed by atoms with E-state index in [9.17, 15) is 0 Å². The minimum Gasteiger partial charge on any atom is -1.00 e. The van der Waals surface area contributed by atoms with E-state index < -0.39 is 0 Å². The third kappa shape index (κ3) is 2.65. The lowest BCUT2D eigenvalue weighted by atomic mass is 10.2. The van der Waals surface area contributed by atoms with Gasteiger partial charge in [-0.15, -0.1) is 0 Å². The summed E-state index contributed by atoms with van der Waals surface area (Å²) in [5.41, 5.74) is 4.46. The minimum atomic E-state index is 0. The molecule has 0 N–H and O–H groups in total. The lowest BCUT2D eigenvalue weighted by molar-refractivity contribution is -0.660. The van der Waals surface area contributed by atoms with Crippen LogP contribution in [-0.2, 0) is 14.1 Å². The van der Waals surface area contributed by atoms with Crippen molar-refractivity contribution in [2.75, 3.05) is 0 Å². The van der Waals surface area contributed by atoms with Crippen molar-refractivity contribution in [2.24, 2.45) is 24.3 Å². The number of aromatic nitrogens is 2. The first kappa shape index (κ1) is 15.9. The molecule has 1 aromatic carbocycles. The van der Waals surface area contributed by atoms with E-state index in [0.29, 0.717) is 0 Å². The zero-order valence-electron chi connectivity index (χ0n) is 12.5. The molecule has 3 rings (SSSR count). The van der Waals surface area contributed by atoms with E-state index in [4.69, 9.17) is 0 Å². The monoisotopic (exact) mass is 364 g/mol. The van der Waals surface area contributed by atoms with Crippen LogP contribution in [0.15, 0.2) is 39.9 Å². The Bertz CT molecular complexity index is 817. The van der Waals surface area contributed by atoms with Crippen LogP contribution in [0.3, 0.4) is 0 Å². The predicted molar refractivity (Wildman–Crippen MR) is 82.1 cm³/mol.